The molecule has 2 rings (SSSR count). The quantitative estimate of drug-likeness (QED) is 0.737. The lowest BCUT2D eigenvalue weighted by Gasteiger charge is -2.04. The molecule has 2 heterocycles. The van der Waals surface area contributed by atoms with Crippen LogP contribution in [0.15, 0.2) is 10.9 Å². The third kappa shape index (κ3) is 1.55. The van der Waals surface area contributed by atoms with Crippen molar-refractivity contribution >= 4 is 5.65 Å². The van der Waals surface area contributed by atoms with Crippen molar-refractivity contribution in [3.05, 3.63) is 33.4 Å². The van der Waals surface area contributed by atoms with Crippen molar-refractivity contribution in [3.63, 3.8) is 0 Å². The Labute approximate surface area is 86.4 Å². The Morgan fingerprint density at radius 3 is 2.93 bits per heavy atom. The first-order valence-electron chi connectivity index (χ1n) is 4.82. The fourth-order valence-corrected chi connectivity index (χ4v) is 1.73. The number of hydrogen-bond acceptors (Lipinski definition) is 3. The van der Waals surface area contributed by atoms with E-state index >= 15 is 0 Å². The van der Waals surface area contributed by atoms with Crippen LogP contribution in [-0.2, 0) is 6.42 Å². The van der Waals surface area contributed by atoms with Gasteiger partial charge >= 0.3 is 0 Å². The van der Waals surface area contributed by atoms with Gasteiger partial charge in [-0.25, -0.2) is 4.52 Å². The highest BCUT2D eigenvalue weighted by Crippen LogP contribution is 2.07. The van der Waals surface area contributed by atoms with Crippen LogP contribution in [0.1, 0.15) is 17.0 Å². The largest absolute Gasteiger partial charge is 0.396 e. The van der Waals surface area contributed by atoms with E-state index in [0.717, 1.165) is 11.4 Å². The van der Waals surface area contributed by atoms with Crippen LogP contribution in [0.25, 0.3) is 5.65 Å². The highest BCUT2D eigenvalue weighted by Gasteiger charge is 2.09. The van der Waals surface area contributed by atoms with Gasteiger partial charge in [0.25, 0.3) is 5.56 Å². The summed E-state index contributed by atoms with van der Waals surface area (Å²) in [6.07, 6.45) is 0.357. The van der Waals surface area contributed by atoms with Crippen LogP contribution in [0, 0.1) is 13.8 Å². The van der Waals surface area contributed by atoms with Crippen LogP contribution < -0.4 is 5.56 Å². The second-order valence-corrected chi connectivity index (χ2v) is 3.57. The third-order valence-corrected chi connectivity index (χ3v) is 2.46. The molecule has 80 valence electrons. The molecule has 5 heteroatoms. The Hall–Kier alpha value is -1.62. The van der Waals surface area contributed by atoms with E-state index in [1.54, 1.807) is 4.52 Å². The molecular formula is C10H13N3O2. The fraction of sp³-hybridized carbons (Fsp3) is 0.400. The van der Waals surface area contributed by atoms with Crippen molar-refractivity contribution in [1.82, 2.24) is 14.6 Å². The monoisotopic (exact) mass is 207 g/mol. The minimum absolute atomic E-state index is 0.0321. The molecule has 0 amide bonds. The van der Waals surface area contributed by atoms with Gasteiger partial charge in [0, 0.05) is 24.7 Å². The van der Waals surface area contributed by atoms with Gasteiger partial charge in [-0.1, -0.05) is 0 Å². The number of nitrogens with zero attached hydrogens (tertiary/aromatic N) is 2. The summed E-state index contributed by atoms with van der Waals surface area (Å²) in [5, 5.41) is 13.1. The number of rotatable bonds is 2. The van der Waals surface area contributed by atoms with Crippen molar-refractivity contribution in [1.29, 1.82) is 0 Å². The standard InChI is InChI=1S/C10H13N3O2/c1-6-5-9-11-10(15)8(3-4-14)7(2)13(9)12-6/h5,14H,3-4H2,1-2H3,(H,11,15). The topological polar surface area (TPSA) is 70.4 Å². The maximum atomic E-state index is 11.6. The summed E-state index contributed by atoms with van der Waals surface area (Å²) in [6.45, 7) is 3.67. The first-order valence-corrected chi connectivity index (χ1v) is 4.82. The van der Waals surface area contributed by atoms with Crippen LogP contribution >= 0.6 is 0 Å². The van der Waals surface area contributed by atoms with Crippen molar-refractivity contribution in [2.75, 3.05) is 6.61 Å². The molecule has 5 nitrogen and oxygen atoms in total. The summed E-state index contributed by atoms with van der Waals surface area (Å²) in [7, 11) is 0. The van der Waals surface area contributed by atoms with Gasteiger partial charge in [-0.2, -0.15) is 5.10 Å². The van der Waals surface area contributed by atoms with E-state index in [9.17, 15) is 4.79 Å². The SMILES string of the molecule is Cc1cc2[nH]c(=O)c(CCO)c(C)n2n1. The molecule has 2 aromatic heterocycles. The summed E-state index contributed by atoms with van der Waals surface area (Å²) in [4.78, 5) is 14.4. The highest BCUT2D eigenvalue weighted by molar-refractivity contribution is 5.41. The van der Waals surface area contributed by atoms with Crippen molar-refractivity contribution in [2.45, 2.75) is 20.3 Å². The molecule has 0 unspecified atom stereocenters. The van der Waals surface area contributed by atoms with Gasteiger partial charge in [-0.15, -0.1) is 0 Å². The van der Waals surface area contributed by atoms with Gasteiger partial charge in [0.15, 0.2) is 0 Å². The molecule has 0 aliphatic heterocycles. The van der Waals surface area contributed by atoms with Gasteiger partial charge < -0.3 is 10.1 Å². The summed E-state index contributed by atoms with van der Waals surface area (Å²) < 4.78 is 1.70. The van der Waals surface area contributed by atoms with E-state index in [1.807, 2.05) is 19.9 Å². The molecule has 0 aliphatic rings. The molecule has 0 aliphatic carbocycles. The average Bonchev–Trinajstić information content (AvgIpc) is 2.53. The number of hydrogen-bond donors (Lipinski definition) is 2. The Kier molecular flexibility index (Phi) is 2.32. The molecule has 0 radical (unpaired) electrons. The van der Waals surface area contributed by atoms with E-state index in [0.29, 0.717) is 17.6 Å². The van der Waals surface area contributed by atoms with Gasteiger partial charge in [-0.05, 0) is 13.8 Å². The summed E-state index contributed by atoms with van der Waals surface area (Å²) in [6, 6.07) is 1.82. The molecule has 0 saturated heterocycles. The Balaban J connectivity index is 2.77. The summed E-state index contributed by atoms with van der Waals surface area (Å²) >= 11 is 0. The highest BCUT2D eigenvalue weighted by atomic mass is 16.3. The number of nitrogens with one attached hydrogen (secondary N) is 1. The van der Waals surface area contributed by atoms with Crippen LogP contribution in [-0.4, -0.2) is 26.3 Å². The normalized spacial score (nSPS) is 11.1. The van der Waals surface area contributed by atoms with Crippen molar-refractivity contribution < 1.29 is 5.11 Å². The second kappa shape index (κ2) is 3.51. The van der Waals surface area contributed by atoms with E-state index in [4.69, 9.17) is 5.11 Å². The number of aliphatic hydroxyl groups excluding tert-OH is 1. The van der Waals surface area contributed by atoms with Gasteiger partial charge in [0.1, 0.15) is 5.65 Å². The predicted octanol–water partition coefficient (Wildman–Crippen LogP) is 0.174. The predicted molar refractivity (Wildman–Crippen MR) is 56.1 cm³/mol. The number of fused-ring (bicyclic) bond motifs is 1. The lowest BCUT2D eigenvalue weighted by Crippen LogP contribution is -2.19. The zero-order chi connectivity index (χ0) is 11.0. The first-order chi connectivity index (χ1) is 7.13. The molecule has 0 saturated carbocycles. The molecule has 0 bridgehead atoms. The van der Waals surface area contributed by atoms with Crippen LogP contribution in [0.4, 0.5) is 0 Å². The lowest BCUT2D eigenvalue weighted by atomic mass is 10.2. The number of aliphatic hydroxyl groups is 1. The Morgan fingerprint density at radius 1 is 1.53 bits per heavy atom. The smallest absolute Gasteiger partial charge is 0.254 e. The first kappa shape index (κ1) is 9.92. The second-order valence-electron chi connectivity index (χ2n) is 3.57. The van der Waals surface area contributed by atoms with Gasteiger partial charge in [0.05, 0.1) is 11.4 Å². The lowest BCUT2D eigenvalue weighted by molar-refractivity contribution is 0.298. The Bertz CT molecular complexity index is 554. The number of aromatic nitrogens is 3. The maximum absolute atomic E-state index is 11.6. The molecule has 15 heavy (non-hydrogen) atoms. The molecule has 0 spiro atoms. The molecule has 0 fully saturated rings. The summed E-state index contributed by atoms with van der Waals surface area (Å²) in [5.74, 6) is 0. The molecular weight excluding hydrogens is 194 g/mol. The van der Waals surface area contributed by atoms with E-state index < -0.39 is 0 Å². The number of aryl methyl sites for hydroxylation is 2. The molecule has 0 aromatic carbocycles. The number of H-pyrrole nitrogens is 1. The van der Waals surface area contributed by atoms with Gasteiger partial charge in [0.2, 0.25) is 0 Å². The van der Waals surface area contributed by atoms with Crippen molar-refractivity contribution in [2.24, 2.45) is 0 Å². The third-order valence-electron chi connectivity index (χ3n) is 2.46. The van der Waals surface area contributed by atoms with E-state index in [1.165, 1.54) is 0 Å². The van der Waals surface area contributed by atoms with Gasteiger partial charge in [-0.3, -0.25) is 4.79 Å². The summed E-state index contributed by atoms with van der Waals surface area (Å²) in [5.41, 5.74) is 2.78. The molecule has 2 N–H and O–H groups in total. The fourth-order valence-electron chi connectivity index (χ4n) is 1.73. The maximum Gasteiger partial charge on any atom is 0.254 e. The molecule has 0 atom stereocenters. The minimum Gasteiger partial charge on any atom is -0.396 e. The van der Waals surface area contributed by atoms with E-state index in [-0.39, 0.29) is 12.2 Å². The Morgan fingerprint density at radius 2 is 2.27 bits per heavy atom. The van der Waals surface area contributed by atoms with Crippen LogP contribution in [0.2, 0.25) is 0 Å². The minimum atomic E-state index is -0.144. The van der Waals surface area contributed by atoms with Crippen molar-refractivity contribution in [3.8, 4) is 0 Å². The molecule has 2 aromatic rings. The average molecular weight is 207 g/mol. The zero-order valence-electron chi connectivity index (χ0n) is 8.74. The van der Waals surface area contributed by atoms with E-state index in [2.05, 4.69) is 10.1 Å². The zero-order valence-corrected chi connectivity index (χ0v) is 8.74. The number of aromatic amines is 1. The van der Waals surface area contributed by atoms with Crippen LogP contribution in [0.5, 0.6) is 0 Å². The van der Waals surface area contributed by atoms with Crippen LogP contribution in [0.3, 0.4) is 0 Å².